The lowest BCUT2D eigenvalue weighted by Gasteiger charge is -2.24. The average Bonchev–Trinajstić information content (AvgIpc) is 3.08. The molecule has 0 radical (unpaired) electrons. The van der Waals surface area contributed by atoms with Gasteiger partial charge in [0.1, 0.15) is 11.0 Å². The van der Waals surface area contributed by atoms with E-state index in [1.54, 1.807) is 0 Å². The Balaban J connectivity index is 1.70. The molecule has 1 aromatic heterocycles. The highest BCUT2D eigenvalue weighted by Gasteiger charge is 2.23. The molecule has 1 aromatic carbocycles. The maximum absolute atomic E-state index is 12.2. The van der Waals surface area contributed by atoms with Gasteiger partial charge in [0.05, 0.1) is 6.42 Å². The van der Waals surface area contributed by atoms with E-state index < -0.39 is 0 Å². The molecule has 0 bridgehead atoms. The molecule has 1 saturated carbocycles. The largest absolute Gasteiger partial charge is 0.342 e. The Kier molecular flexibility index (Phi) is 3.19. The Labute approximate surface area is 111 Å². The number of likely N-dealkylation sites (N-methyl/N-ethyl adjacent to an activating group) is 1. The number of benzene rings is 1. The molecule has 1 fully saturated rings. The molecule has 0 atom stereocenters. The molecule has 1 heterocycles. The quantitative estimate of drug-likeness (QED) is 0.847. The van der Waals surface area contributed by atoms with E-state index in [0.29, 0.717) is 18.0 Å². The normalized spacial score (nSPS) is 16.1. The molecule has 0 spiro atoms. The van der Waals surface area contributed by atoms with Gasteiger partial charge in [-0.1, -0.05) is 18.9 Å². The van der Waals surface area contributed by atoms with E-state index in [-0.39, 0.29) is 5.91 Å². The second-order valence-electron chi connectivity index (χ2n) is 5.21. The lowest BCUT2D eigenvalue weighted by molar-refractivity contribution is -0.131. The monoisotopic (exact) mass is 259 g/mol. The molecule has 1 amide bonds. The molecule has 1 aliphatic rings. The minimum atomic E-state index is 0.169. The molecule has 1 aliphatic carbocycles. The van der Waals surface area contributed by atoms with Crippen LogP contribution < -0.4 is 0 Å². The van der Waals surface area contributed by atoms with Crippen LogP contribution in [0.5, 0.6) is 0 Å². The number of carbonyl (C=O) groups excluding carboxylic acids is 1. The van der Waals surface area contributed by atoms with E-state index in [2.05, 4.69) is 14.9 Å². The molecule has 0 aliphatic heterocycles. The molecule has 100 valence electrons. The van der Waals surface area contributed by atoms with E-state index in [0.717, 1.165) is 23.9 Å². The van der Waals surface area contributed by atoms with E-state index >= 15 is 0 Å². The third-order valence-corrected chi connectivity index (χ3v) is 3.94. The maximum Gasteiger partial charge on any atom is 0.226 e. The Bertz CT molecular complexity index is 587. The van der Waals surface area contributed by atoms with Crippen molar-refractivity contribution in [1.82, 2.24) is 15.2 Å². The number of rotatable bonds is 3. The van der Waals surface area contributed by atoms with Gasteiger partial charge in [0, 0.05) is 13.1 Å². The maximum atomic E-state index is 12.2. The van der Waals surface area contributed by atoms with Crippen LogP contribution in [0.15, 0.2) is 22.8 Å². The molecule has 5 heteroatoms. The predicted molar refractivity (Wildman–Crippen MR) is 70.5 cm³/mol. The summed E-state index contributed by atoms with van der Waals surface area (Å²) in [4.78, 5) is 14.1. The van der Waals surface area contributed by atoms with Gasteiger partial charge in [-0.05, 0) is 40.9 Å². The molecule has 3 rings (SSSR count). The van der Waals surface area contributed by atoms with Crippen LogP contribution in [0, 0.1) is 0 Å². The summed E-state index contributed by atoms with van der Waals surface area (Å²) in [6.07, 6.45) is 5.15. The number of aromatic nitrogens is 2. The fourth-order valence-corrected chi connectivity index (χ4v) is 2.73. The summed E-state index contributed by atoms with van der Waals surface area (Å²) in [6, 6.07) is 6.04. The van der Waals surface area contributed by atoms with Crippen molar-refractivity contribution in [3.05, 3.63) is 23.8 Å². The first-order valence-corrected chi connectivity index (χ1v) is 6.71. The zero-order valence-corrected chi connectivity index (χ0v) is 11.0. The number of nitrogens with zero attached hydrogens (tertiary/aromatic N) is 3. The van der Waals surface area contributed by atoms with Gasteiger partial charge >= 0.3 is 0 Å². The third-order valence-electron chi connectivity index (χ3n) is 3.94. The van der Waals surface area contributed by atoms with Crippen LogP contribution in [0.4, 0.5) is 0 Å². The van der Waals surface area contributed by atoms with Crippen LogP contribution in [0.25, 0.3) is 11.0 Å². The van der Waals surface area contributed by atoms with Crippen LogP contribution in [0.3, 0.4) is 0 Å². The minimum Gasteiger partial charge on any atom is -0.342 e. The summed E-state index contributed by atoms with van der Waals surface area (Å²) in [6.45, 7) is 0. The number of hydrogen-bond donors (Lipinski definition) is 0. The van der Waals surface area contributed by atoms with Crippen molar-refractivity contribution >= 4 is 16.9 Å². The fourth-order valence-electron chi connectivity index (χ4n) is 2.73. The van der Waals surface area contributed by atoms with E-state index in [1.807, 2.05) is 30.1 Å². The Morgan fingerprint density at radius 2 is 2.05 bits per heavy atom. The highest BCUT2D eigenvalue weighted by atomic mass is 16.6. The summed E-state index contributed by atoms with van der Waals surface area (Å²) in [5.74, 6) is 0.169. The van der Waals surface area contributed by atoms with Gasteiger partial charge in [-0.2, -0.15) is 0 Å². The van der Waals surface area contributed by atoms with E-state index in [4.69, 9.17) is 0 Å². The van der Waals surface area contributed by atoms with Crippen LogP contribution in [-0.4, -0.2) is 34.2 Å². The van der Waals surface area contributed by atoms with Crippen molar-refractivity contribution in [3.63, 3.8) is 0 Å². The molecule has 0 N–H and O–H groups in total. The summed E-state index contributed by atoms with van der Waals surface area (Å²) in [5.41, 5.74) is 2.38. The number of fused-ring (bicyclic) bond motifs is 1. The molecule has 0 unspecified atom stereocenters. The van der Waals surface area contributed by atoms with Crippen LogP contribution in [0.2, 0.25) is 0 Å². The van der Waals surface area contributed by atoms with Gasteiger partial charge in [-0.15, -0.1) is 0 Å². The molecule has 0 saturated heterocycles. The smallest absolute Gasteiger partial charge is 0.226 e. The lowest BCUT2D eigenvalue weighted by Crippen LogP contribution is -2.36. The van der Waals surface area contributed by atoms with Crippen molar-refractivity contribution in [1.29, 1.82) is 0 Å². The molecular formula is C14H17N3O2. The van der Waals surface area contributed by atoms with Crippen molar-refractivity contribution in [2.75, 3.05) is 7.05 Å². The summed E-state index contributed by atoms with van der Waals surface area (Å²) in [5, 5.41) is 7.55. The zero-order chi connectivity index (χ0) is 13.2. The second-order valence-corrected chi connectivity index (χ2v) is 5.21. The molecule has 19 heavy (non-hydrogen) atoms. The van der Waals surface area contributed by atoms with E-state index in [9.17, 15) is 4.79 Å². The Morgan fingerprint density at radius 1 is 1.32 bits per heavy atom. The standard InChI is InChI=1S/C14H17N3O2/c1-17(11-4-2-3-5-11)14(18)9-10-6-7-12-13(8-10)16-19-15-12/h6-8,11H,2-5,9H2,1H3. The highest BCUT2D eigenvalue weighted by molar-refractivity contribution is 5.81. The molecular weight excluding hydrogens is 242 g/mol. The Morgan fingerprint density at radius 3 is 2.84 bits per heavy atom. The number of amides is 1. The van der Waals surface area contributed by atoms with Gasteiger partial charge < -0.3 is 4.90 Å². The van der Waals surface area contributed by atoms with Crippen LogP contribution in [-0.2, 0) is 11.2 Å². The van der Waals surface area contributed by atoms with Gasteiger partial charge in [-0.3, -0.25) is 4.79 Å². The molecule has 2 aromatic rings. The van der Waals surface area contributed by atoms with Crippen LogP contribution in [0.1, 0.15) is 31.2 Å². The van der Waals surface area contributed by atoms with Gasteiger partial charge in [0.25, 0.3) is 0 Å². The lowest BCUT2D eigenvalue weighted by atomic mass is 10.1. The third kappa shape index (κ3) is 2.45. The predicted octanol–water partition coefficient (Wildman–Crippen LogP) is 2.17. The highest BCUT2D eigenvalue weighted by Crippen LogP contribution is 2.23. The SMILES string of the molecule is CN(C(=O)Cc1ccc2nonc2c1)C1CCCC1. The van der Waals surface area contributed by atoms with E-state index in [1.165, 1.54) is 12.8 Å². The summed E-state index contributed by atoms with van der Waals surface area (Å²) < 4.78 is 4.66. The van der Waals surface area contributed by atoms with Gasteiger partial charge in [0.15, 0.2) is 0 Å². The fraction of sp³-hybridized carbons (Fsp3) is 0.500. The minimum absolute atomic E-state index is 0.169. The van der Waals surface area contributed by atoms with Crippen LogP contribution >= 0.6 is 0 Å². The summed E-state index contributed by atoms with van der Waals surface area (Å²) >= 11 is 0. The first-order valence-electron chi connectivity index (χ1n) is 6.71. The van der Waals surface area contributed by atoms with Gasteiger partial charge in [-0.25, -0.2) is 4.63 Å². The summed E-state index contributed by atoms with van der Waals surface area (Å²) in [7, 11) is 1.91. The van der Waals surface area contributed by atoms with Crippen molar-refractivity contribution < 1.29 is 9.42 Å². The van der Waals surface area contributed by atoms with Crippen molar-refractivity contribution in [2.45, 2.75) is 38.1 Å². The molecule has 5 nitrogen and oxygen atoms in total. The Hall–Kier alpha value is -1.91. The average molecular weight is 259 g/mol. The zero-order valence-electron chi connectivity index (χ0n) is 11.0. The first kappa shape index (κ1) is 12.1. The topological polar surface area (TPSA) is 59.2 Å². The number of carbonyl (C=O) groups is 1. The number of hydrogen-bond acceptors (Lipinski definition) is 4. The van der Waals surface area contributed by atoms with Gasteiger partial charge in [0.2, 0.25) is 5.91 Å². The van der Waals surface area contributed by atoms with Crippen molar-refractivity contribution in [2.24, 2.45) is 0 Å². The second kappa shape index (κ2) is 4.99. The van der Waals surface area contributed by atoms with Crippen molar-refractivity contribution in [3.8, 4) is 0 Å². The first-order chi connectivity index (χ1) is 9.24.